The zero-order chi connectivity index (χ0) is 16.3. The van der Waals surface area contributed by atoms with E-state index in [9.17, 15) is 22.8 Å². The predicted octanol–water partition coefficient (Wildman–Crippen LogP) is 3.84. The Morgan fingerprint density at radius 2 is 1.91 bits per heavy atom. The minimum atomic E-state index is -4.19. The van der Waals surface area contributed by atoms with E-state index >= 15 is 0 Å². The van der Waals surface area contributed by atoms with E-state index in [1.165, 1.54) is 7.11 Å². The van der Waals surface area contributed by atoms with Gasteiger partial charge in [-0.05, 0) is 37.1 Å². The lowest BCUT2D eigenvalue weighted by Gasteiger charge is -2.29. The van der Waals surface area contributed by atoms with Crippen LogP contribution < -0.4 is 5.32 Å². The highest BCUT2D eigenvalue weighted by atomic mass is 32.1. The first-order chi connectivity index (χ1) is 10.3. The molecule has 0 aliphatic heterocycles. The van der Waals surface area contributed by atoms with Crippen molar-refractivity contribution in [1.29, 1.82) is 0 Å². The third-order valence-electron chi connectivity index (χ3n) is 3.85. The third-order valence-corrected chi connectivity index (χ3v) is 4.75. The maximum Gasteiger partial charge on any atom is 0.391 e. The molecule has 8 heteroatoms. The van der Waals surface area contributed by atoms with Crippen LogP contribution in [-0.2, 0) is 9.53 Å². The number of halogens is 3. The van der Waals surface area contributed by atoms with Gasteiger partial charge in [-0.3, -0.25) is 4.79 Å². The molecule has 0 aromatic carbocycles. The largest absolute Gasteiger partial charge is 0.465 e. The number of carbonyl (C=O) groups is 2. The van der Waals surface area contributed by atoms with Crippen molar-refractivity contribution in [3.8, 4) is 0 Å². The molecule has 122 valence electrons. The van der Waals surface area contributed by atoms with Crippen molar-refractivity contribution < 1.29 is 27.5 Å². The van der Waals surface area contributed by atoms with E-state index in [2.05, 4.69) is 10.1 Å². The Kier molecular flexibility index (Phi) is 5.10. The minimum absolute atomic E-state index is 0.0327. The van der Waals surface area contributed by atoms with Crippen LogP contribution in [0.1, 0.15) is 35.4 Å². The van der Waals surface area contributed by atoms with Crippen molar-refractivity contribution in [2.24, 2.45) is 11.8 Å². The van der Waals surface area contributed by atoms with E-state index in [-0.39, 0.29) is 36.5 Å². The smallest absolute Gasteiger partial charge is 0.391 e. The first kappa shape index (κ1) is 16.8. The van der Waals surface area contributed by atoms with Crippen molar-refractivity contribution in [3.63, 3.8) is 0 Å². The van der Waals surface area contributed by atoms with Crippen molar-refractivity contribution >= 4 is 28.9 Å². The number of anilines is 1. The standard InChI is InChI=1S/C14H16F3NO3S/c1-21-13(20)11-10(6-7-22-11)18-12(19)8-2-4-9(5-3-8)14(15,16)17/h6-9H,2-5H2,1H3,(H,18,19). The van der Waals surface area contributed by atoms with Gasteiger partial charge in [0.1, 0.15) is 4.88 Å². The van der Waals surface area contributed by atoms with Gasteiger partial charge >= 0.3 is 12.1 Å². The average Bonchev–Trinajstić information content (AvgIpc) is 2.93. The van der Waals surface area contributed by atoms with Crippen LogP contribution in [-0.4, -0.2) is 25.2 Å². The summed E-state index contributed by atoms with van der Waals surface area (Å²) in [4.78, 5) is 23.9. The Morgan fingerprint density at radius 3 is 2.45 bits per heavy atom. The van der Waals surface area contributed by atoms with Gasteiger partial charge in [0.2, 0.25) is 5.91 Å². The van der Waals surface area contributed by atoms with Gasteiger partial charge in [-0.15, -0.1) is 11.3 Å². The van der Waals surface area contributed by atoms with Crippen molar-refractivity contribution in [2.75, 3.05) is 12.4 Å². The summed E-state index contributed by atoms with van der Waals surface area (Å²) in [6.07, 6.45) is -3.85. The van der Waals surface area contributed by atoms with E-state index < -0.39 is 24.0 Å². The fraction of sp³-hybridized carbons (Fsp3) is 0.571. The van der Waals surface area contributed by atoms with Crippen LogP contribution >= 0.6 is 11.3 Å². The summed E-state index contributed by atoms with van der Waals surface area (Å²) in [5.74, 6) is -2.66. The van der Waals surface area contributed by atoms with Gasteiger partial charge in [-0.2, -0.15) is 13.2 Å². The normalized spacial score (nSPS) is 22.2. The quantitative estimate of drug-likeness (QED) is 0.854. The number of nitrogens with one attached hydrogen (secondary N) is 1. The number of alkyl halides is 3. The van der Waals surface area contributed by atoms with Gasteiger partial charge in [0.05, 0.1) is 18.7 Å². The highest BCUT2D eigenvalue weighted by Gasteiger charge is 2.42. The first-order valence-electron chi connectivity index (χ1n) is 6.86. The summed E-state index contributed by atoms with van der Waals surface area (Å²) in [6, 6.07) is 1.58. The fourth-order valence-corrected chi connectivity index (χ4v) is 3.34. The molecule has 1 aromatic heterocycles. The summed E-state index contributed by atoms with van der Waals surface area (Å²) in [5, 5.41) is 4.26. The second kappa shape index (κ2) is 6.68. The Morgan fingerprint density at radius 1 is 1.27 bits per heavy atom. The summed E-state index contributed by atoms with van der Waals surface area (Å²) in [5.41, 5.74) is 0.347. The highest BCUT2D eigenvalue weighted by molar-refractivity contribution is 7.12. The Hall–Kier alpha value is -1.57. The van der Waals surface area contributed by atoms with Gasteiger partial charge in [-0.1, -0.05) is 0 Å². The van der Waals surface area contributed by atoms with Crippen LogP contribution in [0.3, 0.4) is 0 Å². The van der Waals surface area contributed by atoms with E-state index in [0.717, 1.165) is 11.3 Å². The number of hydrogen-bond donors (Lipinski definition) is 1. The lowest BCUT2D eigenvalue weighted by atomic mass is 9.81. The molecule has 0 unspecified atom stereocenters. The van der Waals surface area contributed by atoms with Crippen LogP contribution in [0.25, 0.3) is 0 Å². The molecule has 1 fully saturated rings. The molecule has 2 rings (SSSR count). The number of ether oxygens (including phenoxy) is 1. The molecule has 0 bridgehead atoms. The number of hydrogen-bond acceptors (Lipinski definition) is 4. The van der Waals surface area contributed by atoms with Gasteiger partial charge in [0, 0.05) is 5.92 Å². The maximum atomic E-state index is 12.6. The number of thiophene rings is 1. The second-order valence-corrected chi connectivity index (χ2v) is 6.15. The number of esters is 1. The summed E-state index contributed by atoms with van der Waals surface area (Å²) >= 11 is 1.14. The Labute approximate surface area is 129 Å². The molecule has 0 radical (unpaired) electrons. The van der Waals surface area contributed by atoms with E-state index in [0.29, 0.717) is 5.69 Å². The van der Waals surface area contributed by atoms with Gasteiger partial charge < -0.3 is 10.1 Å². The molecule has 1 aliphatic carbocycles. The molecule has 1 saturated carbocycles. The number of methoxy groups -OCH3 is 1. The maximum absolute atomic E-state index is 12.6. The van der Waals surface area contributed by atoms with E-state index in [1.54, 1.807) is 11.4 Å². The third kappa shape index (κ3) is 3.79. The minimum Gasteiger partial charge on any atom is -0.465 e. The van der Waals surface area contributed by atoms with E-state index in [4.69, 9.17) is 0 Å². The number of carbonyl (C=O) groups excluding carboxylic acids is 2. The fourth-order valence-electron chi connectivity index (χ4n) is 2.58. The van der Waals surface area contributed by atoms with Gasteiger partial charge in [-0.25, -0.2) is 4.79 Å². The van der Waals surface area contributed by atoms with E-state index in [1.807, 2.05) is 0 Å². The first-order valence-corrected chi connectivity index (χ1v) is 7.74. The molecule has 1 aromatic rings. The Bertz CT molecular complexity index is 548. The van der Waals surface area contributed by atoms with Crippen LogP contribution in [0, 0.1) is 11.8 Å². The van der Waals surface area contributed by atoms with Crippen molar-refractivity contribution in [2.45, 2.75) is 31.9 Å². The molecule has 4 nitrogen and oxygen atoms in total. The van der Waals surface area contributed by atoms with Crippen molar-refractivity contribution in [3.05, 3.63) is 16.3 Å². The van der Waals surface area contributed by atoms with Gasteiger partial charge in [0.25, 0.3) is 0 Å². The van der Waals surface area contributed by atoms with Crippen LogP contribution in [0.15, 0.2) is 11.4 Å². The van der Waals surface area contributed by atoms with Crippen LogP contribution in [0.5, 0.6) is 0 Å². The summed E-state index contributed by atoms with van der Waals surface area (Å²) in [7, 11) is 1.24. The molecular weight excluding hydrogens is 319 g/mol. The SMILES string of the molecule is COC(=O)c1sccc1NC(=O)C1CCC(C(F)(F)F)CC1. The molecule has 22 heavy (non-hydrogen) atoms. The lowest BCUT2D eigenvalue weighted by Crippen LogP contribution is -2.32. The lowest BCUT2D eigenvalue weighted by molar-refractivity contribution is -0.184. The molecule has 1 amide bonds. The Balaban J connectivity index is 1.94. The molecular formula is C14H16F3NO3S. The predicted molar refractivity (Wildman–Crippen MR) is 75.8 cm³/mol. The average molecular weight is 335 g/mol. The number of amides is 1. The number of rotatable bonds is 3. The van der Waals surface area contributed by atoms with Crippen LogP contribution in [0.2, 0.25) is 0 Å². The van der Waals surface area contributed by atoms with Gasteiger partial charge in [0.15, 0.2) is 0 Å². The summed E-state index contributed by atoms with van der Waals surface area (Å²) in [6.45, 7) is 0. The molecule has 1 N–H and O–H groups in total. The monoisotopic (exact) mass is 335 g/mol. The highest BCUT2D eigenvalue weighted by Crippen LogP contribution is 2.39. The molecule has 1 heterocycles. The topological polar surface area (TPSA) is 55.4 Å². The zero-order valence-corrected chi connectivity index (χ0v) is 12.7. The molecule has 0 atom stereocenters. The molecule has 0 spiro atoms. The van der Waals surface area contributed by atoms with Crippen molar-refractivity contribution in [1.82, 2.24) is 0 Å². The van der Waals surface area contributed by atoms with Crippen LogP contribution in [0.4, 0.5) is 18.9 Å². The zero-order valence-electron chi connectivity index (χ0n) is 11.9. The second-order valence-electron chi connectivity index (χ2n) is 5.23. The summed E-state index contributed by atoms with van der Waals surface area (Å²) < 4.78 is 42.4. The molecule has 0 saturated heterocycles. The molecule has 1 aliphatic rings.